The number of carbonyl (C=O) groups is 1. The number of ether oxygens (including phenoxy) is 1. The van der Waals surface area contributed by atoms with Gasteiger partial charge in [-0.25, -0.2) is 18.2 Å². The summed E-state index contributed by atoms with van der Waals surface area (Å²) in [5.41, 5.74) is 5.10. The number of halogens is 3. The van der Waals surface area contributed by atoms with Gasteiger partial charge < -0.3 is 15.8 Å². The Morgan fingerprint density at radius 3 is 2.50 bits per heavy atom. The zero-order chi connectivity index (χ0) is 28.4. The molecule has 3 heterocycles. The maximum absolute atomic E-state index is 15.3. The van der Waals surface area contributed by atoms with Gasteiger partial charge in [0.2, 0.25) is 0 Å². The van der Waals surface area contributed by atoms with Crippen LogP contribution in [0.15, 0.2) is 42.7 Å². The summed E-state index contributed by atoms with van der Waals surface area (Å²) in [6.45, 7) is 2.72. The van der Waals surface area contributed by atoms with Gasteiger partial charge in [-0.3, -0.25) is 9.78 Å². The Morgan fingerprint density at radius 1 is 1.10 bits per heavy atom. The highest BCUT2D eigenvalue weighted by molar-refractivity contribution is 6.03. The van der Waals surface area contributed by atoms with E-state index >= 15 is 8.78 Å². The summed E-state index contributed by atoms with van der Waals surface area (Å²) in [5.74, 6) is -3.25. The fraction of sp³-hybridized carbons (Fsp3) is 0.400. The van der Waals surface area contributed by atoms with Crippen LogP contribution in [-0.4, -0.2) is 35.1 Å². The molecule has 0 unspecified atom stereocenters. The summed E-state index contributed by atoms with van der Waals surface area (Å²) in [5, 5.41) is 12.6. The van der Waals surface area contributed by atoms with E-state index in [1.165, 1.54) is 6.20 Å². The van der Waals surface area contributed by atoms with Crippen LogP contribution in [0.1, 0.15) is 66.6 Å². The fourth-order valence-electron chi connectivity index (χ4n) is 5.97. The van der Waals surface area contributed by atoms with Crippen LogP contribution >= 0.6 is 0 Å². The predicted octanol–water partition coefficient (Wildman–Crippen LogP) is 5.62. The molecular formula is C30H30F3N5O2. The normalized spacial score (nSPS) is 22.4. The van der Waals surface area contributed by atoms with Crippen molar-refractivity contribution in [3.8, 4) is 17.3 Å². The summed E-state index contributed by atoms with van der Waals surface area (Å²) in [6.07, 6.45) is 6.36. The minimum Gasteiger partial charge on any atom is -0.381 e. The Morgan fingerprint density at radius 2 is 1.82 bits per heavy atom. The van der Waals surface area contributed by atoms with E-state index in [-0.39, 0.29) is 49.3 Å². The van der Waals surface area contributed by atoms with E-state index in [9.17, 15) is 14.4 Å². The third-order valence-electron chi connectivity index (χ3n) is 7.99. The molecule has 3 N–H and O–H groups in total. The molecule has 1 amide bonds. The van der Waals surface area contributed by atoms with E-state index in [2.05, 4.69) is 28.3 Å². The van der Waals surface area contributed by atoms with Crippen LogP contribution in [0.3, 0.4) is 0 Å². The molecule has 40 heavy (non-hydrogen) atoms. The smallest absolute Gasteiger partial charge is 0.274 e. The summed E-state index contributed by atoms with van der Waals surface area (Å²) in [7, 11) is 0. The first kappa shape index (κ1) is 27.7. The number of amides is 1. The van der Waals surface area contributed by atoms with Gasteiger partial charge in [0.1, 0.15) is 28.8 Å². The van der Waals surface area contributed by atoms with E-state index in [4.69, 9.17) is 10.5 Å². The molecule has 5 rings (SSSR count). The van der Waals surface area contributed by atoms with E-state index in [0.29, 0.717) is 11.6 Å². The lowest BCUT2D eigenvalue weighted by molar-refractivity contribution is 0.0673. The zero-order valence-corrected chi connectivity index (χ0v) is 22.1. The molecule has 1 aliphatic carbocycles. The fourth-order valence-corrected chi connectivity index (χ4v) is 5.97. The third kappa shape index (κ3) is 5.44. The number of nitrogens with zero attached hydrogens (tertiary/aromatic N) is 3. The summed E-state index contributed by atoms with van der Waals surface area (Å²) >= 11 is 0. The number of hydrogen-bond donors (Lipinski definition) is 2. The number of carbonyl (C=O) groups excluding carboxylic acids is 1. The van der Waals surface area contributed by atoms with Crippen LogP contribution in [0.25, 0.3) is 11.3 Å². The van der Waals surface area contributed by atoms with Crippen LogP contribution in [-0.2, 0) is 10.2 Å². The molecule has 1 aliphatic heterocycles. The number of nitrogens with two attached hydrogens (primary N) is 1. The van der Waals surface area contributed by atoms with E-state index in [1.54, 1.807) is 6.20 Å². The second-order valence-corrected chi connectivity index (χ2v) is 10.8. The number of nitriles is 1. The quantitative estimate of drug-likeness (QED) is 0.427. The Labute approximate surface area is 230 Å². The van der Waals surface area contributed by atoms with Crippen molar-refractivity contribution in [2.75, 3.05) is 18.5 Å². The molecule has 1 aromatic carbocycles. The second-order valence-electron chi connectivity index (χ2n) is 10.8. The number of aromatic nitrogens is 2. The first-order valence-electron chi connectivity index (χ1n) is 13.4. The van der Waals surface area contributed by atoms with Gasteiger partial charge >= 0.3 is 0 Å². The molecule has 1 saturated carbocycles. The van der Waals surface area contributed by atoms with Gasteiger partial charge in [0.05, 0.1) is 28.9 Å². The lowest BCUT2D eigenvalue weighted by Crippen LogP contribution is -2.32. The zero-order valence-electron chi connectivity index (χ0n) is 22.1. The van der Waals surface area contributed by atoms with Crippen LogP contribution in [0.2, 0.25) is 0 Å². The molecular weight excluding hydrogens is 519 g/mol. The maximum Gasteiger partial charge on any atom is 0.274 e. The molecule has 0 spiro atoms. The highest BCUT2D eigenvalue weighted by Gasteiger charge is 2.36. The van der Waals surface area contributed by atoms with Crippen LogP contribution in [0.4, 0.5) is 18.9 Å². The standard InChI is InChI=1S/C30H30F3N5O2/c1-17-10-18(12-20(35)11-17)21-4-7-36-15-26(21)38-29(39)25-3-2-22(31)28(37-25)27-23(32)13-19(14-24(27)33)30(16-34)5-8-40-9-6-30/h2-4,7,13-15,17-18,20H,5-6,8-12,35H2,1H3,(H,38,39)/t17-,18+,20-/m0/s1. The molecule has 1 saturated heterocycles. The molecule has 3 atom stereocenters. The van der Waals surface area contributed by atoms with Gasteiger partial charge in [-0.2, -0.15) is 5.26 Å². The first-order valence-corrected chi connectivity index (χ1v) is 13.4. The second kappa shape index (κ2) is 11.4. The lowest BCUT2D eigenvalue weighted by Gasteiger charge is -2.32. The highest BCUT2D eigenvalue weighted by atomic mass is 19.1. The van der Waals surface area contributed by atoms with E-state index in [0.717, 1.165) is 49.1 Å². The van der Waals surface area contributed by atoms with Crippen molar-refractivity contribution in [3.05, 3.63) is 77.0 Å². The Kier molecular flexibility index (Phi) is 7.88. The molecule has 7 nitrogen and oxygen atoms in total. The van der Waals surface area contributed by atoms with Gasteiger partial charge in [0.15, 0.2) is 0 Å². The third-order valence-corrected chi connectivity index (χ3v) is 7.99. The first-order chi connectivity index (χ1) is 19.2. The van der Waals surface area contributed by atoms with Gasteiger partial charge in [-0.15, -0.1) is 0 Å². The minimum atomic E-state index is -1.10. The summed E-state index contributed by atoms with van der Waals surface area (Å²) < 4.78 is 50.8. The number of rotatable bonds is 5. The Hall–Kier alpha value is -3.81. The van der Waals surface area contributed by atoms with Crippen LogP contribution < -0.4 is 11.1 Å². The summed E-state index contributed by atoms with van der Waals surface area (Å²) in [6, 6.07) is 8.25. The van der Waals surface area contributed by atoms with Crippen molar-refractivity contribution in [1.29, 1.82) is 5.26 Å². The van der Waals surface area contributed by atoms with Crippen molar-refractivity contribution < 1.29 is 22.7 Å². The number of nitrogens with one attached hydrogen (secondary N) is 1. The number of anilines is 1. The molecule has 10 heteroatoms. The SMILES string of the molecule is C[C@@H]1C[C@H](N)C[C@H](c2ccncc2NC(=O)c2ccc(F)c(-c3c(F)cc(C4(C#N)CCOCC4)cc3F)n2)C1. The number of benzene rings is 1. The predicted molar refractivity (Wildman–Crippen MR) is 143 cm³/mol. The average Bonchev–Trinajstić information content (AvgIpc) is 2.93. The van der Waals surface area contributed by atoms with E-state index in [1.807, 2.05) is 6.07 Å². The largest absolute Gasteiger partial charge is 0.381 e. The van der Waals surface area contributed by atoms with E-state index < -0.39 is 40.0 Å². The lowest BCUT2D eigenvalue weighted by atomic mass is 9.75. The molecule has 3 aromatic rings. The molecule has 0 bridgehead atoms. The maximum atomic E-state index is 15.3. The highest BCUT2D eigenvalue weighted by Crippen LogP contribution is 2.39. The van der Waals surface area contributed by atoms with Gasteiger partial charge in [0, 0.05) is 25.5 Å². The molecule has 0 radical (unpaired) electrons. The van der Waals surface area contributed by atoms with Crippen molar-refractivity contribution >= 4 is 11.6 Å². The van der Waals surface area contributed by atoms with Gasteiger partial charge in [-0.05, 0) is 85.4 Å². The molecule has 208 valence electrons. The monoisotopic (exact) mass is 549 g/mol. The number of hydrogen-bond acceptors (Lipinski definition) is 6. The Bertz CT molecular complexity index is 1430. The molecule has 2 fully saturated rings. The topological polar surface area (TPSA) is 114 Å². The van der Waals surface area contributed by atoms with Crippen LogP contribution in [0.5, 0.6) is 0 Å². The molecule has 2 aliphatic rings. The van der Waals surface area contributed by atoms with Crippen molar-refractivity contribution in [2.24, 2.45) is 11.7 Å². The summed E-state index contributed by atoms with van der Waals surface area (Å²) in [4.78, 5) is 21.3. The Balaban J connectivity index is 1.44. The van der Waals surface area contributed by atoms with Crippen molar-refractivity contribution in [2.45, 2.75) is 56.4 Å². The minimum absolute atomic E-state index is 0.0532. The van der Waals surface area contributed by atoms with Crippen LogP contribution in [0, 0.1) is 34.7 Å². The van der Waals surface area contributed by atoms with Crippen molar-refractivity contribution in [3.63, 3.8) is 0 Å². The van der Waals surface area contributed by atoms with Gasteiger partial charge in [0.25, 0.3) is 5.91 Å². The number of pyridine rings is 2. The average molecular weight is 550 g/mol. The molecule has 2 aromatic heterocycles. The van der Waals surface area contributed by atoms with Gasteiger partial charge in [-0.1, -0.05) is 6.92 Å². The van der Waals surface area contributed by atoms with Crippen molar-refractivity contribution in [1.82, 2.24) is 9.97 Å².